The van der Waals surface area contributed by atoms with E-state index in [9.17, 15) is 0 Å². The molecule has 0 aliphatic carbocycles. The second-order valence-electron chi connectivity index (χ2n) is 4.26. The summed E-state index contributed by atoms with van der Waals surface area (Å²) in [4.78, 5) is 0. The average Bonchev–Trinajstić information content (AvgIpc) is 2.18. The molecule has 84 valence electrons. The molecule has 0 bridgehead atoms. The number of rotatable bonds is 5. The maximum atomic E-state index is 6.14. The SMILES string of the molecule is CCCC(C)C(N)Cc1cccc(Cl)c1. The lowest BCUT2D eigenvalue weighted by Crippen LogP contribution is -2.30. The van der Waals surface area contributed by atoms with Crippen LogP contribution in [0.15, 0.2) is 24.3 Å². The number of nitrogens with two attached hydrogens (primary N) is 1. The highest BCUT2D eigenvalue weighted by molar-refractivity contribution is 6.30. The van der Waals surface area contributed by atoms with Gasteiger partial charge in [-0.1, -0.05) is 44.0 Å². The lowest BCUT2D eigenvalue weighted by Gasteiger charge is -2.19. The van der Waals surface area contributed by atoms with Gasteiger partial charge in [-0.3, -0.25) is 0 Å². The van der Waals surface area contributed by atoms with Crippen LogP contribution in [0.25, 0.3) is 0 Å². The van der Waals surface area contributed by atoms with E-state index in [4.69, 9.17) is 17.3 Å². The van der Waals surface area contributed by atoms with Gasteiger partial charge in [-0.05, 0) is 36.5 Å². The Kier molecular flexibility index (Phi) is 5.13. The highest BCUT2D eigenvalue weighted by atomic mass is 35.5. The summed E-state index contributed by atoms with van der Waals surface area (Å²) in [6.45, 7) is 4.42. The van der Waals surface area contributed by atoms with Gasteiger partial charge in [-0.25, -0.2) is 0 Å². The van der Waals surface area contributed by atoms with Crippen LogP contribution in [0.2, 0.25) is 5.02 Å². The summed E-state index contributed by atoms with van der Waals surface area (Å²) < 4.78 is 0. The topological polar surface area (TPSA) is 26.0 Å². The van der Waals surface area contributed by atoms with Gasteiger partial charge in [0.25, 0.3) is 0 Å². The minimum atomic E-state index is 0.239. The molecule has 0 saturated carbocycles. The van der Waals surface area contributed by atoms with Gasteiger partial charge in [-0.15, -0.1) is 0 Å². The molecule has 0 aromatic heterocycles. The first kappa shape index (κ1) is 12.5. The van der Waals surface area contributed by atoms with E-state index in [0.29, 0.717) is 5.92 Å². The number of hydrogen-bond donors (Lipinski definition) is 1. The molecule has 0 spiro atoms. The molecule has 0 aliphatic rings. The first-order valence-corrected chi connectivity index (χ1v) is 6.01. The molecule has 1 aromatic carbocycles. The lowest BCUT2D eigenvalue weighted by atomic mass is 9.92. The minimum absolute atomic E-state index is 0.239. The number of benzene rings is 1. The van der Waals surface area contributed by atoms with Gasteiger partial charge in [0.15, 0.2) is 0 Å². The molecule has 0 aliphatic heterocycles. The summed E-state index contributed by atoms with van der Waals surface area (Å²) in [5, 5.41) is 0.794. The molecule has 0 amide bonds. The molecule has 2 N–H and O–H groups in total. The normalized spacial score (nSPS) is 14.9. The van der Waals surface area contributed by atoms with E-state index in [1.807, 2.05) is 18.2 Å². The summed E-state index contributed by atoms with van der Waals surface area (Å²) in [7, 11) is 0. The molecule has 0 fully saturated rings. The van der Waals surface area contributed by atoms with E-state index in [1.165, 1.54) is 18.4 Å². The van der Waals surface area contributed by atoms with Crippen molar-refractivity contribution in [2.24, 2.45) is 11.7 Å². The summed E-state index contributed by atoms with van der Waals surface area (Å²) in [6, 6.07) is 8.20. The first-order chi connectivity index (χ1) is 7.13. The third kappa shape index (κ3) is 4.23. The molecule has 2 heteroatoms. The molecule has 15 heavy (non-hydrogen) atoms. The van der Waals surface area contributed by atoms with Crippen molar-refractivity contribution in [2.75, 3.05) is 0 Å². The van der Waals surface area contributed by atoms with Gasteiger partial charge in [0.2, 0.25) is 0 Å². The first-order valence-electron chi connectivity index (χ1n) is 5.63. The Labute approximate surface area is 97.6 Å². The molecule has 2 atom stereocenters. The monoisotopic (exact) mass is 225 g/mol. The lowest BCUT2D eigenvalue weighted by molar-refractivity contribution is 0.420. The van der Waals surface area contributed by atoms with Gasteiger partial charge in [-0.2, -0.15) is 0 Å². The minimum Gasteiger partial charge on any atom is -0.327 e. The Morgan fingerprint density at radius 1 is 1.40 bits per heavy atom. The van der Waals surface area contributed by atoms with E-state index < -0.39 is 0 Å². The van der Waals surface area contributed by atoms with E-state index in [-0.39, 0.29) is 6.04 Å². The zero-order valence-electron chi connectivity index (χ0n) is 9.54. The number of hydrogen-bond acceptors (Lipinski definition) is 1. The van der Waals surface area contributed by atoms with Crippen molar-refractivity contribution in [2.45, 2.75) is 39.2 Å². The van der Waals surface area contributed by atoms with Gasteiger partial charge in [0.05, 0.1) is 0 Å². The standard InChI is InChI=1S/C13H20ClN/c1-3-5-10(2)13(15)9-11-6-4-7-12(14)8-11/h4,6-8,10,13H,3,5,9,15H2,1-2H3. The summed E-state index contributed by atoms with van der Waals surface area (Å²) in [5.41, 5.74) is 7.38. The Morgan fingerprint density at radius 2 is 2.13 bits per heavy atom. The molecule has 0 heterocycles. The zero-order valence-corrected chi connectivity index (χ0v) is 10.3. The van der Waals surface area contributed by atoms with Crippen molar-refractivity contribution < 1.29 is 0 Å². The van der Waals surface area contributed by atoms with E-state index in [1.54, 1.807) is 0 Å². The summed E-state index contributed by atoms with van der Waals surface area (Å²) >= 11 is 5.93. The molecular formula is C13H20ClN. The van der Waals surface area contributed by atoms with Crippen LogP contribution >= 0.6 is 11.6 Å². The molecule has 1 aromatic rings. The number of halogens is 1. The van der Waals surface area contributed by atoms with Crippen LogP contribution in [0, 0.1) is 5.92 Å². The fourth-order valence-corrected chi connectivity index (χ4v) is 2.02. The van der Waals surface area contributed by atoms with Crippen molar-refractivity contribution in [1.82, 2.24) is 0 Å². The Bertz CT molecular complexity index is 298. The van der Waals surface area contributed by atoms with Crippen molar-refractivity contribution in [3.8, 4) is 0 Å². The third-order valence-electron chi connectivity index (χ3n) is 2.84. The van der Waals surface area contributed by atoms with Crippen LogP contribution in [0.4, 0.5) is 0 Å². The second-order valence-corrected chi connectivity index (χ2v) is 4.70. The fraction of sp³-hybridized carbons (Fsp3) is 0.538. The molecule has 2 unspecified atom stereocenters. The predicted molar refractivity (Wildman–Crippen MR) is 67.2 cm³/mol. The predicted octanol–water partition coefficient (Wildman–Crippen LogP) is 3.65. The van der Waals surface area contributed by atoms with Gasteiger partial charge < -0.3 is 5.73 Å². The van der Waals surface area contributed by atoms with Crippen molar-refractivity contribution in [1.29, 1.82) is 0 Å². The van der Waals surface area contributed by atoms with Crippen LogP contribution in [0.3, 0.4) is 0 Å². The smallest absolute Gasteiger partial charge is 0.0408 e. The second kappa shape index (κ2) is 6.14. The zero-order chi connectivity index (χ0) is 11.3. The Hall–Kier alpha value is -0.530. The van der Waals surface area contributed by atoms with Crippen molar-refractivity contribution in [3.63, 3.8) is 0 Å². The summed E-state index contributed by atoms with van der Waals surface area (Å²) in [6.07, 6.45) is 3.31. The van der Waals surface area contributed by atoms with Gasteiger partial charge in [0, 0.05) is 11.1 Å². The highest BCUT2D eigenvalue weighted by Gasteiger charge is 2.12. The Balaban J connectivity index is 2.54. The third-order valence-corrected chi connectivity index (χ3v) is 3.07. The van der Waals surface area contributed by atoms with Crippen LogP contribution in [-0.4, -0.2) is 6.04 Å². The van der Waals surface area contributed by atoms with Crippen LogP contribution < -0.4 is 5.73 Å². The molecule has 1 rings (SSSR count). The molecule has 0 saturated heterocycles. The largest absolute Gasteiger partial charge is 0.327 e. The summed E-state index contributed by atoms with van der Waals surface area (Å²) in [5.74, 6) is 0.578. The molecule has 0 radical (unpaired) electrons. The highest BCUT2D eigenvalue weighted by Crippen LogP contribution is 2.16. The van der Waals surface area contributed by atoms with Crippen molar-refractivity contribution >= 4 is 11.6 Å². The quantitative estimate of drug-likeness (QED) is 0.814. The fourth-order valence-electron chi connectivity index (χ4n) is 1.81. The molecule has 1 nitrogen and oxygen atoms in total. The van der Waals surface area contributed by atoms with Gasteiger partial charge in [0.1, 0.15) is 0 Å². The maximum Gasteiger partial charge on any atom is 0.0408 e. The average molecular weight is 226 g/mol. The Morgan fingerprint density at radius 3 is 2.73 bits per heavy atom. The van der Waals surface area contributed by atoms with Crippen molar-refractivity contribution in [3.05, 3.63) is 34.9 Å². The van der Waals surface area contributed by atoms with E-state index in [2.05, 4.69) is 19.9 Å². The maximum absolute atomic E-state index is 6.14. The molecular weight excluding hydrogens is 206 g/mol. The van der Waals surface area contributed by atoms with E-state index >= 15 is 0 Å². The van der Waals surface area contributed by atoms with Crippen LogP contribution in [0.5, 0.6) is 0 Å². The van der Waals surface area contributed by atoms with E-state index in [0.717, 1.165) is 11.4 Å². The van der Waals surface area contributed by atoms with Crippen LogP contribution in [0.1, 0.15) is 32.3 Å². The van der Waals surface area contributed by atoms with Crippen LogP contribution in [-0.2, 0) is 6.42 Å². The van der Waals surface area contributed by atoms with Gasteiger partial charge >= 0.3 is 0 Å².